The van der Waals surface area contributed by atoms with Crippen LogP contribution in [0.25, 0.3) is 0 Å². The van der Waals surface area contributed by atoms with Gasteiger partial charge in [0, 0.05) is 7.11 Å². The fourth-order valence-corrected chi connectivity index (χ4v) is 1.07. The Hall–Kier alpha value is -1.53. The first-order valence-electron chi connectivity index (χ1n) is 3.87. The lowest BCUT2D eigenvalue weighted by Crippen LogP contribution is -1.93. The molecule has 1 rings (SSSR count). The van der Waals surface area contributed by atoms with Crippen LogP contribution >= 0.6 is 0 Å². The molecule has 3 nitrogen and oxygen atoms in total. The number of methoxy groups -OCH3 is 2. The van der Waals surface area contributed by atoms with Gasteiger partial charge in [-0.3, -0.25) is 0 Å². The van der Waals surface area contributed by atoms with Crippen LogP contribution < -0.4 is 4.74 Å². The molecule has 0 N–H and O–H groups in total. The first kappa shape index (κ1) is 9.56. The van der Waals surface area contributed by atoms with Crippen molar-refractivity contribution in [1.82, 2.24) is 0 Å². The van der Waals surface area contributed by atoms with Crippen molar-refractivity contribution >= 4 is 0 Å². The van der Waals surface area contributed by atoms with Gasteiger partial charge in [0.15, 0.2) is 0 Å². The summed E-state index contributed by atoms with van der Waals surface area (Å²) in [6.45, 7) is 0.451. The van der Waals surface area contributed by atoms with Gasteiger partial charge < -0.3 is 9.47 Å². The number of benzene rings is 1. The smallest absolute Gasteiger partial charge is 0.120 e. The van der Waals surface area contributed by atoms with E-state index >= 15 is 0 Å². The van der Waals surface area contributed by atoms with Gasteiger partial charge in [-0.2, -0.15) is 5.26 Å². The van der Waals surface area contributed by atoms with Gasteiger partial charge in [-0.15, -0.1) is 0 Å². The third-order valence-electron chi connectivity index (χ3n) is 1.74. The van der Waals surface area contributed by atoms with E-state index in [9.17, 15) is 0 Å². The number of nitrogens with zero attached hydrogens (tertiary/aromatic N) is 1. The highest BCUT2D eigenvalue weighted by Crippen LogP contribution is 2.17. The minimum absolute atomic E-state index is 0.451. The van der Waals surface area contributed by atoms with Gasteiger partial charge in [-0.25, -0.2) is 0 Å². The Balaban J connectivity index is 3.02. The zero-order valence-electron chi connectivity index (χ0n) is 7.70. The third-order valence-corrected chi connectivity index (χ3v) is 1.74. The zero-order valence-corrected chi connectivity index (χ0v) is 7.70. The van der Waals surface area contributed by atoms with Gasteiger partial charge >= 0.3 is 0 Å². The lowest BCUT2D eigenvalue weighted by atomic mass is 10.1. The van der Waals surface area contributed by atoms with E-state index in [0.29, 0.717) is 17.9 Å². The van der Waals surface area contributed by atoms with Gasteiger partial charge in [0.25, 0.3) is 0 Å². The second kappa shape index (κ2) is 4.48. The molecule has 0 aromatic heterocycles. The number of rotatable bonds is 3. The van der Waals surface area contributed by atoms with Crippen molar-refractivity contribution in [2.45, 2.75) is 6.61 Å². The summed E-state index contributed by atoms with van der Waals surface area (Å²) in [5.74, 6) is 0.691. The highest BCUT2D eigenvalue weighted by molar-refractivity contribution is 5.42. The van der Waals surface area contributed by atoms with Crippen molar-refractivity contribution in [3.63, 3.8) is 0 Å². The predicted octanol–water partition coefficient (Wildman–Crippen LogP) is 1.71. The molecule has 13 heavy (non-hydrogen) atoms. The number of hydrogen-bond donors (Lipinski definition) is 0. The Morgan fingerprint density at radius 2 is 2.15 bits per heavy atom. The van der Waals surface area contributed by atoms with Crippen molar-refractivity contribution in [3.05, 3.63) is 29.3 Å². The molecule has 0 aliphatic heterocycles. The molecule has 68 valence electrons. The molecular weight excluding hydrogens is 166 g/mol. The molecule has 1 aromatic rings. The van der Waals surface area contributed by atoms with Gasteiger partial charge in [0.05, 0.1) is 25.3 Å². The van der Waals surface area contributed by atoms with Gasteiger partial charge in [0.1, 0.15) is 5.75 Å². The van der Waals surface area contributed by atoms with Crippen LogP contribution in [0, 0.1) is 11.3 Å². The molecule has 0 saturated heterocycles. The lowest BCUT2D eigenvalue weighted by molar-refractivity contribution is 0.184. The Kier molecular flexibility index (Phi) is 3.30. The van der Waals surface area contributed by atoms with E-state index in [1.165, 1.54) is 0 Å². The largest absolute Gasteiger partial charge is 0.497 e. The van der Waals surface area contributed by atoms with Crippen LogP contribution in [-0.4, -0.2) is 14.2 Å². The Labute approximate surface area is 77.5 Å². The van der Waals surface area contributed by atoms with Gasteiger partial charge in [0.2, 0.25) is 0 Å². The van der Waals surface area contributed by atoms with Gasteiger partial charge in [-0.1, -0.05) is 6.07 Å². The highest BCUT2D eigenvalue weighted by Gasteiger charge is 2.02. The van der Waals surface area contributed by atoms with Crippen molar-refractivity contribution in [2.24, 2.45) is 0 Å². The summed E-state index contributed by atoms with van der Waals surface area (Å²) in [7, 11) is 3.18. The molecular formula is C10H11NO2. The predicted molar refractivity (Wildman–Crippen MR) is 48.4 cm³/mol. The average Bonchev–Trinajstić information content (AvgIpc) is 2.19. The molecule has 1 aromatic carbocycles. The molecule has 0 radical (unpaired) electrons. The van der Waals surface area contributed by atoms with E-state index in [4.69, 9.17) is 14.7 Å². The summed E-state index contributed by atoms with van der Waals surface area (Å²) >= 11 is 0. The number of hydrogen-bond acceptors (Lipinski definition) is 3. The maximum absolute atomic E-state index is 8.80. The molecule has 0 aliphatic carbocycles. The standard InChI is InChI=1S/C10H11NO2/c1-12-7-8-3-4-10(13-2)5-9(8)6-11/h3-5H,7H2,1-2H3. The quantitative estimate of drug-likeness (QED) is 0.705. The summed E-state index contributed by atoms with van der Waals surface area (Å²) in [6, 6.07) is 7.45. The van der Waals surface area contributed by atoms with E-state index in [0.717, 1.165) is 5.56 Å². The van der Waals surface area contributed by atoms with Crippen molar-refractivity contribution in [2.75, 3.05) is 14.2 Å². The topological polar surface area (TPSA) is 42.2 Å². The van der Waals surface area contributed by atoms with E-state index < -0.39 is 0 Å². The van der Waals surface area contributed by atoms with E-state index in [2.05, 4.69) is 6.07 Å². The second-order valence-corrected chi connectivity index (χ2v) is 2.57. The van der Waals surface area contributed by atoms with E-state index in [-0.39, 0.29) is 0 Å². The van der Waals surface area contributed by atoms with Crippen molar-refractivity contribution in [3.8, 4) is 11.8 Å². The Morgan fingerprint density at radius 1 is 1.38 bits per heavy atom. The van der Waals surface area contributed by atoms with Crippen LogP contribution in [0.4, 0.5) is 0 Å². The summed E-state index contributed by atoms with van der Waals surface area (Å²) < 4.78 is 9.95. The van der Waals surface area contributed by atoms with Crippen LogP contribution in [0.2, 0.25) is 0 Å². The van der Waals surface area contributed by atoms with Crippen LogP contribution in [0.5, 0.6) is 5.75 Å². The fourth-order valence-electron chi connectivity index (χ4n) is 1.07. The summed E-state index contributed by atoms with van der Waals surface area (Å²) in [6.07, 6.45) is 0. The zero-order chi connectivity index (χ0) is 9.68. The summed E-state index contributed by atoms with van der Waals surface area (Å²) in [5, 5.41) is 8.80. The Morgan fingerprint density at radius 3 is 2.69 bits per heavy atom. The molecule has 3 heteroatoms. The van der Waals surface area contributed by atoms with Gasteiger partial charge in [-0.05, 0) is 17.7 Å². The van der Waals surface area contributed by atoms with E-state index in [1.54, 1.807) is 20.3 Å². The summed E-state index contributed by atoms with van der Waals surface area (Å²) in [5.41, 5.74) is 1.48. The molecule has 0 fully saturated rings. The molecule has 0 saturated carbocycles. The molecule has 0 amide bonds. The van der Waals surface area contributed by atoms with Crippen LogP contribution in [0.15, 0.2) is 18.2 Å². The molecule has 0 unspecified atom stereocenters. The maximum atomic E-state index is 8.80. The first-order valence-corrected chi connectivity index (χ1v) is 3.87. The van der Waals surface area contributed by atoms with Crippen LogP contribution in [-0.2, 0) is 11.3 Å². The monoisotopic (exact) mass is 177 g/mol. The normalized spacial score (nSPS) is 9.31. The maximum Gasteiger partial charge on any atom is 0.120 e. The number of ether oxygens (including phenoxy) is 2. The van der Waals surface area contributed by atoms with Crippen LogP contribution in [0.1, 0.15) is 11.1 Å². The summed E-state index contributed by atoms with van der Waals surface area (Å²) in [4.78, 5) is 0. The third kappa shape index (κ3) is 2.20. The van der Waals surface area contributed by atoms with E-state index in [1.807, 2.05) is 12.1 Å². The van der Waals surface area contributed by atoms with Crippen molar-refractivity contribution < 1.29 is 9.47 Å². The average molecular weight is 177 g/mol. The SMILES string of the molecule is COCc1ccc(OC)cc1C#N. The van der Waals surface area contributed by atoms with Crippen LogP contribution in [0.3, 0.4) is 0 Å². The minimum Gasteiger partial charge on any atom is -0.497 e. The highest BCUT2D eigenvalue weighted by atomic mass is 16.5. The fraction of sp³-hybridized carbons (Fsp3) is 0.300. The van der Waals surface area contributed by atoms with Crippen molar-refractivity contribution in [1.29, 1.82) is 5.26 Å². The lowest BCUT2D eigenvalue weighted by Gasteiger charge is -2.04. The second-order valence-electron chi connectivity index (χ2n) is 2.57. The first-order chi connectivity index (χ1) is 6.31. The molecule has 0 bridgehead atoms. The minimum atomic E-state index is 0.451. The number of nitriles is 1. The molecule has 0 heterocycles. The molecule has 0 spiro atoms. The Bertz CT molecular complexity index is 328. The molecule has 0 atom stereocenters. The molecule has 0 aliphatic rings.